The van der Waals surface area contributed by atoms with E-state index in [4.69, 9.17) is 0 Å². The molecule has 17 heavy (non-hydrogen) atoms. The molecule has 1 N–H and O–H groups in total. The van der Waals surface area contributed by atoms with E-state index in [1.165, 1.54) is 6.07 Å². The first-order valence-corrected chi connectivity index (χ1v) is 5.72. The number of nitrogens with one attached hydrogen (secondary N) is 1. The minimum absolute atomic E-state index is 0.186. The fraction of sp³-hybridized carbons (Fsp3) is 0.308. The molecule has 4 heteroatoms. The highest BCUT2D eigenvalue weighted by Gasteiger charge is 2.03. The number of hydrogen-bond acceptors (Lipinski definition) is 2. The van der Waals surface area contributed by atoms with Crippen LogP contribution in [0.5, 0.6) is 0 Å². The van der Waals surface area contributed by atoms with Crippen LogP contribution in [0.3, 0.4) is 0 Å². The van der Waals surface area contributed by atoms with Gasteiger partial charge in [-0.2, -0.15) is 5.10 Å². The standard InChI is InChI=1S/C13H16FN3/c1-3-15-9-11-6-7-17(16-11)12-4-5-13(14)10(2)8-12/h4-8,15H,3,9H2,1-2H3. The maximum Gasteiger partial charge on any atom is 0.126 e. The molecule has 3 nitrogen and oxygen atoms in total. The van der Waals surface area contributed by atoms with Crippen molar-refractivity contribution in [1.82, 2.24) is 15.1 Å². The summed E-state index contributed by atoms with van der Waals surface area (Å²) in [7, 11) is 0. The predicted molar refractivity (Wildman–Crippen MR) is 65.6 cm³/mol. The third-order valence-electron chi connectivity index (χ3n) is 2.61. The van der Waals surface area contributed by atoms with Crippen molar-refractivity contribution in [2.45, 2.75) is 20.4 Å². The summed E-state index contributed by atoms with van der Waals surface area (Å²) in [6, 6.07) is 6.95. The lowest BCUT2D eigenvalue weighted by Gasteiger charge is -2.03. The second kappa shape index (κ2) is 5.10. The van der Waals surface area contributed by atoms with Crippen molar-refractivity contribution in [1.29, 1.82) is 0 Å². The van der Waals surface area contributed by atoms with E-state index >= 15 is 0 Å². The molecule has 0 aliphatic carbocycles. The molecule has 0 bridgehead atoms. The summed E-state index contributed by atoms with van der Waals surface area (Å²) in [5.41, 5.74) is 2.49. The van der Waals surface area contributed by atoms with Crippen LogP contribution in [-0.2, 0) is 6.54 Å². The van der Waals surface area contributed by atoms with Crippen molar-refractivity contribution in [2.75, 3.05) is 6.54 Å². The van der Waals surface area contributed by atoms with Crippen molar-refractivity contribution in [3.63, 3.8) is 0 Å². The zero-order valence-corrected chi connectivity index (χ0v) is 10.1. The van der Waals surface area contributed by atoms with Crippen molar-refractivity contribution in [3.8, 4) is 5.69 Å². The summed E-state index contributed by atoms with van der Waals surface area (Å²) in [4.78, 5) is 0. The van der Waals surface area contributed by atoms with Crippen LogP contribution < -0.4 is 5.32 Å². The molecule has 0 unspecified atom stereocenters. The van der Waals surface area contributed by atoms with Crippen LogP contribution in [0.15, 0.2) is 30.5 Å². The van der Waals surface area contributed by atoms with E-state index in [2.05, 4.69) is 17.3 Å². The molecular weight excluding hydrogens is 217 g/mol. The van der Waals surface area contributed by atoms with Gasteiger partial charge in [-0.1, -0.05) is 6.92 Å². The number of rotatable bonds is 4. The van der Waals surface area contributed by atoms with E-state index in [0.717, 1.165) is 24.5 Å². The van der Waals surface area contributed by atoms with Crippen LogP contribution in [-0.4, -0.2) is 16.3 Å². The maximum absolute atomic E-state index is 13.1. The molecule has 90 valence electrons. The van der Waals surface area contributed by atoms with E-state index in [0.29, 0.717) is 5.56 Å². The monoisotopic (exact) mass is 233 g/mol. The highest BCUT2D eigenvalue weighted by atomic mass is 19.1. The highest BCUT2D eigenvalue weighted by molar-refractivity contribution is 5.35. The molecule has 0 saturated carbocycles. The Hall–Kier alpha value is -1.68. The van der Waals surface area contributed by atoms with Gasteiger partial charge < -0.3 is 5.32 Å². The number of halogens is 1. The molecule has 2 rings (SSSR count). The smallest absolute Gasteiger partial charge is 0.126 e. The summed E-state index contributed by atoms with van der Waals surface area (Å²) in [5, 5.41) is 7.63. The first-order valence-electron chi connectivity index (χ1n) is 5.72. The van der Waals surface area contributed by atoms with Crippen LogP contribution in [0.2, 0.25) is 0 Å². The summed E-state index contributed by atoms with van der Waals surface area (Å²) in [5.74, 6) is -0.186. The number of nitrogens with zero attached hydrogens (tertiary/aromatic N) is 2. The van der Waals surface area contributed by atoms with Crippen LogP contribution in [0.4, 0.5) is 4.39 Å². The van der Waals surface area contributed by atoms with Gasteiger partial charge >= 0.3 is 0 Å². The molecule has 1 aromatic heterocycles. The fourth-order valence-electron chi connectivity index (χ4n) is 1.62. The van der Waals surface area contributed by atoms with Gasteiger partial charge in [-0.15, -0.1) is 0 Å². The van der Waals surface area contributed by atoms with Crippen molar-refractivity contribution in [3.05, 3.63) is 47.5 Å². The summed E-state index contributed by atoms with van der Waals surface area (Å²) in [6.45, 7) is 5.48. The van der Waals surface area contributed by atoms with Crippen LogP contribution in [0, 0.1) is 12.7 Å². The average Bonchev–Trinajstić information content (AvgIpc) is 2.79. The first-order chi connectivity index (χ1) is 8.20. The number of aryl methyl sites for hydroxylation is 1. The Kier molecular flexibility index (Phi) is 3.54. The van der Waals surface area contributed by atoms with Gasteiger partial charge in [0, 0.05) is 12.7 Å². The van der Waals surface area contributed by atoms with Crippen LogP contribution >= 0.6 is 0 Å². The Morgan fingerprint density at radius 1 is 1.35 bits per heavy atom. The third-order valence-corrected chi connectivity index (χ3v) is 2.61. The van der Waals surface area contributed by atoms with Crippen molar-refractivity contribution < 1.29 is 4.39 Å². The molecule has 0 atom stereocenters. The highest BCUT2D eigenvalue weighted by Crippen LogP contribution is 2.13. The minimum atomic E-state index is -0.186. The van der Waals surface area contributed by atoms with Gasteiger partial charge in [-0.05, 0) is 43.3 Å². The molecule has 0 radical (unpaired) electrons. The first kappa shape index (κ1) is 11.8. The lowest BCUT2D eigenvalue weighted by atomic mass is 10.2. The quantitative estimate of drug-likeness (QED) is 0.879. The Morgan fingerprint density at radius 2 is 2.18 bits per heavy atom. The van der Waals surface area contributed by atoms with E-state index in [9.17, 15) is 4.39 Å². The van der Waals surface area contributed by atoms with Gasteiger partial charge in [0.2, 0.25) is 0 Å². The lowest BCUT2D eigenvalue weighted by molar-refractivity contribution is 0.617. The van der Waals surface area contributed by atoms with E-state index in [1.54, 1.807) is 23.7 Å². The summed E-state index contributed by atoms with van der Waals surface area (Å²) >= 11 is 0. The molecule has 1 heterocycles. The van der Waals surface area contributed by atoms with E-state index < -0.39 is 0 Å². The summed E-state index contributed by atoms with van der Waals surface area (Å²) in [6.07, 6.45) is 1.89. The second-order valence-electron chi connectivity index (χ2n) is 3.97. The SMILES string of the molecule is CCNCc1ccn(-c2ccc(F)c(C)c2)n1. The maximum atomic E-state index is 13.1. The van der Waals surface area contributed by atoms with E-state index in [-0.39, 0.29) is 5.82 Å². The topological polar surface area (TPSA) is 29.9 Å². The fourth-order valence-corrected chi connectivity index (χ4v) is 1.62. The van der Waals surface area contributed by atoms with Crippen LogP contribution in [0.25, 0.3) is 5.69 Å². The van der Waals surface area contributed by atoms with Crippen molar-refractivity contribution in [2.24, 2.45) is 0 Å². The third kappa shape index (κ3) is 2.71. The minimum Gasteiger partial charge on any atom is -0.311 e. The second-order valence-corrected chi connectivity index (χ2v) is 3.97. The Bertz CT molecular complexity index is 505. The van der Waals surface area contributed by atoms with Gasteiger partial charge in [0.15, 0.2) is 0 Å². The Balaban J connectivity index is 2.21. The Labute approximate surface area is 100 Å². The Morgan fingerprint density at radius 3 is 2.88 bits per heavy atom. The van der Waals surface area contributed by atoms with Gasteiger partial charge in [-0.3, -0.25) is 0 Å². The molecule has 0 aliphatic rings. The number of benzene rings is 1. The number of aromatic nitrogens is 2. The van der Waals surface area contributed by atoms with Gasteiger partial charge in [-0.25, -0.2) is 9.07 Å². The molecule has 2 aromatic rings. The van der Waals surface area contributed by atoms with Gasteiger partial charge in [0.1, 0.15) is 5.82 Å². The molecule has 0 spiro atoms. The van der Waals surface area contributed by atoms with Crippen molar-refractivity contribution >= 4 is 0 Å². The zero-order chi connectivity index (χ0) is 12.3. The molecular formula is C13H16FN3. The lowest BCUT2D eigenvalue weighted by Crippen LogP contribution is -2.12. The number of hydrogen-bond donors (Lipinski definition) is 1. The molecule has 1 aromatic carbocycles. The molecule has 0 fully saturated rings. The normalized spacial score (nSPS) is 10.8. The van der Waals surface area contributed by atoms with Gasteiger partial charge in [0.25, 0.3) is 0 Å². The molecule has 0 aliphatic heterocycles. The average molecular weight is 233 g/mol. The van der Waals surface area contributed by atoms with Crippen LogP contribution in [0.1, 0.15) is 18.2 Å². The predicted octanol–water partition coefficient (Wildman–Crippen LogP) is 2.43. The molecule has 0 saturated heterocycles. The van der Waals surface area contributed by atoms with Gasteiger partial charge in [0.05, 0.1) is 11.4 Å². The zero-order valence-electron chi connectivity index (χ0n) is 10.1. The molecule has 0 amide bonds. The largest absolute Gasteiger partial charge is 0.311 e. The summed E-state index contributed by atoms with van der Waals surface area (Å²) < 4.78 is 14.9. The van der Waals surface area contributed by atoms with E-state index in [1.807, 2.05) is 12.3 Å².